The van der Waals surface area contributed by atoms with Crippen molar-refractivity contribution in [3.8, 4) is 0 Å². The van der Waals surface area contributed by atoms with Crippen molar-refractivity contribution in [2.45, 2.75) is 25.4 Å². The lowest BCUT2D eigenvalue weighted by molar-refractivity contribution is 0.0987. The average molecular weight is 276 g/mol. The molecule has 3 heterocycles. The number of amides is 1. The Balaban J connectivity index is 1.66. The molecule has 20 heavy (non-hydrogen) atoms. The first-order valence-corrected chi connectivity index (χ1v) is 6.59. The van der Waals surface area contributed by atoms with Crippen molar-refractivity contribution in [2.24, 2.45) is 5.73 Å². The fraction of sp³-hybridized carbons (Fsp3) is 0.500. The summed E-state index contributed by atoms with van der Waals surface area (Å²) < 4.78 is 7.04. The monoisotopic (exact) mass is 276 g/mol. The summed E-state index contributed by atoms with van der Waals surface area (Å²) in [6, 6.07) is 1.96. The minimum absolute atomic E-state index is 0.0565. The topological polar surface area (TPSA) is 103 Å². The van der Waals surface area contributed by atoms with Gasteiger partial charge in [0.15, 0.2) is 0 Å². The lowest BCUT2D eigenvalue weighted by Gasteiger charge is -2.21. The Hall–Kier alpha value is -2.22. The van der Waals surface area contributed by atoms with Gasteiger partial charge >= 0.3 is 0 Å². The van der Waals surface area contributed by atoms with Crippen molar-refractivity contribution in [1.82, 2.24) is 24.8 Å². The van der Waals surface area contributed by atoms with Crippen LogP contribution in [0.15, 0.2) is 23.0 Å². The molecule has 3 rings (SSSR count). The Bertz CT molecular complexity index is 579. The highest BCUT2D eigenvalue weighted by molar-refractivity contribution is 5.88. The molecule has 1 unspecified atom stereocenters. The largest absolute Gasteiger partial charge is 0.363 e. The number of carbonyl (C=O) groups excluding carboxylic acids is 1. The number of hydrogen-bond acceptors (Lipinski definition) is 6. The van der Waals surface area contributed by atoms with Crippen LogP contribution in [0.3, 0.4) is 0 Å². The van der Waals surface area contributed by atoms with Crippen molar-refractivity contribution in [3.63, 3.8) is 0 Å². The molecule has 0 radical (unpaired) electrons. The highest BCUT2D eigenvalue weighted by atomic mass is 16.5. The first kappa shape index (κ1) is 12.8. The van der Waals surface area contributed by atoms with Gasteiger partial charge in [0, 0.05) is 18.9 Å². The molecule has 0 aromatic carbocycles. The number of carbonyl (C=O) groups is 1. The number of hydrogen-bond donors (Lipinski definition) is 1. The highest BCUT2D eigenvalue weighted by Crippen LogP contribution is 2.30. The van der Waals surface area contributed by atoms with Crippen LogP contribution in [0.25, 0.3) is 0 Å². The van der Waals surface area contributed by atoms with Gasteiger partial charge in [0.2, 0.25) is 5.89 Å². The first-order chi connectivity index (χ1) is 9.74. The van der Waals surface area contributed by atoms with Crippen LogP contribution >= 0.6 is 0 Å². The van der Waals surface area contributed by atoms with Gasteiger partial charge in [-0.25, -0.2) is 0 Å². The molecule has 1 atom stereocenters. The van der Waals surface area contributed by atoms with Gasteiger partial charge in [-0.3, -0.25) is 14.4 Å². The second-order valence-corrected chi connectivity index (χ2v) is 4.78. The van der Waals surface area contributed by atoms with Crippen LogP contribution < -0.4 is 5.73 Å². The third-order valence-electron chi connectivity index (χ3n) is 3.49. The minimum Gasteiger partial charge on any atom is -0.363 e. The molecule has 1 amide bonds. The summed E-state index contributed by atoms with van der Waals surface area (Å²) in [7, 11) is 0. The maximum atomic E-state index is 11.0. The van der Waals surface area contributed by atoms with Crippen molar-refractivity contribution in [1.29, 1.82) is 0 Å². The predicted molar refractivity (Wildman–Crippen MR) is 68.6 cm³/mol. The van der Waals surface area contributed by atoms with Crippen LogP contribution in [0.4, 0.5) is 0 Å². The highest BCUT2D eigenvalue weighted by Gasteiger charge is 2.30. The molecule has 1 saturated heterocycles. The SMILES string of the molecule is NC(=O)c1noc(C2CCCN2CCn2cccn2)n1. The molecule has 1 aliphatic heterocycles. The molecular formula is C12H16N6O2. The van der Waals surface area contributed by atoms with Crippen LogP contribution in [-0.2, 0) is 6.54 Å². The molecule has 2 N–H and O–H groups in total. The summed E-state index contributed by atoms with van der Waals surface area (Å²) in [6.07, 6.45) is 5.71. The third kappa shape index (κ3) is 2.55. The number of primary amides is 1. The van der Waals surface area contributed by atoms with Crippen LogP contribution in [0.5, 0.6) is 0 Å². The first-order valence-electron chi connectivity index (χ1n) is 6.59. The molecule has 2 aromatic rings. The molecule has 0 bridgehead atoms. The average Bonchev–Trinajstić information content (AvgIpc) is 3.17. The van der Waals surface area contributed by atoms with Crippen molar-refractivity contribution in [3.05, 3.63) is 30.2 Å². The standard InChI is InChI=1S/C12H16N6O2/c13-10(19)11-15-12(20-16-11)9-3-1-5-17(9)7-8-18-6-2-4-14-18/h2,4,6,9H,1,3,5,7-8H2,(H2,13,19). The smallest absolute Gasteiger partial charge is 0.290 e. The Kier molecular flexibility index (Phi) is 3.46. The third-order valence-corrected chi connectivity index (χ3v) is 3.49. The zero-order valence-corrected chi connectivity index (χ0v) is 11.0. The molecule has 1 aliphatic rings. The number of nitrogens with two attached hydrogens (primary N) is 1. The molecule has 8 heteroatoms. The quantitative estimate of drug-likeness (QED) is 0.836. The summed E-state index contributed by atoms with van der Waals surface area (Å²) in [5.74, 6) is -0.253. The van der Waals surface area contributed by atoms with Crippen LogP contribution in [-0.4, -0.2) is 43.8 Å². The molecule has 0 spiro atoms. The molecule has 1 fully saturated rings. The molecule has 0 aliphatic carbocycles. The maximum Gasteiger partial charge on any atom is 0.290 e. The summed E-state index contributed by atoms with van der Waals surface area (Å²) >= 11 is 0. The summed E-state index contributed by atoms with van der Waals surface area (Å²) in [6.45, 7) is 2.63. The van der Waals surface area contributed by atoms with Crippen molar-refractivity contribution < 1.29 is 9.32 Å². The molecule has 106 valence electrons. The van der Waals surface area contributed by atoms with Crippen LogP contribution in [0.2, 0.25) is 0 Å². The van der Waals surface area contributed by atoms with E-state index in [4.69, 9.17) is 10.3 Å². The fourth-order valence-electron chi connectivity index (χ4n) is 2.51. The van der Waals surface area contributed by atoms with E-state index in [1.807, 2.05) is 16.9 Å². The van der Waals surface area contributed by atoms with Gasteiger partial charge in [-0.05, 0) is 25.5 Å². The summed E-state index contributed by atoms with van der Waals surface area (Å²) in [4.78, 5) is 17.3. The molecule has 8 nitrogen and oxygen atoms in total. The summed E-state index contributed by atoms with van der Waals surface area (Å²) in [5, 5.41) is 7.78. The van der Waals surface area contributed by atoms with E-state index in [9.17, 15) is 4.79 Å². The molecule has 2 aromatic heterocycles. The fourth-order valence-corrected chi connectivity index (χ4v) is 2.51. The maximum absolute atomic E-state index is 11.0. The Labute approximate surface area is 115 Å². The molecule has 0 saturated carbocycles. The normalized spacial score (nSPS) is 19.5. The Morgan fingerprint density at radius 3 is 3.10 bits per heavy atom. The van der Waals surface area contributed by atoms with Gasteiger partial charge in [-0.2, -0.15) is 10.1 Å². The summed E-state index contributed by atoms with van der Waals surface area (Å²) in [5.41, 5.74) is 5.13. The van der Waals surface area contributed by atoms with Gasteiger partial charge in [-0.1, -0.05) is 5.16 Å². The van der Waals surface area contributed by atoms with Gasteiger partial charge in [0.25, 0.3) is 11.7 Å². The second kappa shape index (κ2) is 5.41. The Morgan fingerprint density at radius 1 is 1.50 bits per heavy atom. The van der Waals surface area contributed by atoms with Crippen LogP contribution in [0, 0.1) is 0 Å². The van der Waals surface area contributed by atoms with Gasteiger partial charge in [-0.15, -0.1) is 0 Å². The van der Waals surface area contributed by atoms with Crippen molar-refractivity contribution >= 4 is 5.91 Å². The lowest BCUT2D eigenvalue weighted by Crippen LogP contribution is -2.27. The van der Waals surface area contributed by atoms with E-state index in [1.54, 1.807) is 6.20 Å². The van der Waals surface area contributed by atoms with Gasteiger partial charge in [0.05, 0.1) is 12.6 Å². The van der Waals surface area contributed by atoms with E-state index >= 15 is 0 Å². The minimum atomic E-state index is -0.666. The molecular weight excluding hydrogens is 260 g/mol. The predicted octanol–water partition coefficient (Wildman–Crippen LogP) is 0.202. The van der Waals surface area contributed by atoms with E-state index in [0.717, 1.165) is 32.5 Å². The number of rotatable bonds is 5. The lowest BCUT2D eigenvalue weighted by atomic mass is 10.2. The van der Waals surface area contributed by atoms with Crippen LogP contribution in [0.1, 0.15) is 35.4 Å². The van der Waals surface area contributed by atoms with E-state index in [-0.39, 0.29) is 11.9 Å². The number of aromatic nitrogens is 4. The van der Waals surface area contributed by atoms with E-state index in [2.05, 4.69) is 20.1 Å². The van der Waals surface area contributed by atoms with E-state index < -0.39 is 5.91 Å². The van der Waals surface area contributed by atoms with E-state index in [0.29, 0.717) is 5.89 Å². The number of likely N-dealkylation sites (tertiary alicyclic amines) is 1. The second-order valence-electron chi connectivity index (χ2n) is 4.78. The van der Waals surface area contributed by atoms with Gasteiger partial charge in [0.1, 0.15) is 0 Å². The Morgan fingerprint density at radius 2 is 2.40 bits per heavy atom. The van der Waals surface area contributed by atoms with E-state index in [1.165, 1.54) is 0 Å². The number of nitrogens with zero attached hydrogens (tertiary/aromatic N) is 5. The zero-order chi connectivity index (χ0) is 13.9. The van der Waals surface area contributed by atoms with Gasteiger partial charge < -0.3 is 10.3 Å². The van der Waals surface area contributed by atoms with Crippen molar-refractivity contribution in [2.75, 3.05) is 13.1 Å². The zero-order valence-electron chi connectivity index (χ0n) is 11.0.